The van der Waals surface area contributed by atoms with Crippen LogP contribution in [0, 0.1) is 0 Å². The van der Waals surface area contributed by atoms with Crippen molar-refractivity contribution in [2.24, 2.45) is 0 Å². The molecule has 0 bridgehead atoms. The molecule has 0 saturated carbocycles. The van der Waals surface area contributed by atoms with Crippen molar-refractivity contribution < 1.29 is 5.11 Å². The first-order chi connectivity index (χ1) is 11.8. The maximum absolute atomic E-state index is 10.8. The lowest BCUT2D eigenvalue weighted by molar-refractivity contribution is 0.154. The lowest BCUT2D eigenvalue weighted by Crippen LogP contribution is -2.10. The normalized spacial score (nSPS) is 17.0. The molecule has 4 aromatic rings. The van der Waals surface area contributed by atoms with Crippen LogP contribution >= 0.6 is 0 Å². The first-order valence-electron chi connectivity index (χ1n) is 8.03. The topological polar surface area (TPSA) is 66.7 Å². The fourth-order valence-electron chi connectivity index (χ4n) is 3.68. The number of nitrogens with zero attached hydrogens (tertiary/aromatic N) is 3. The summed E-state index contributed by atoms with van der Waals surface area (Å²) in [6.07, 6.45) is 5.47. The number of hydrogen-bond acceptors (Lipinski definition) is 3. The van der Waals surface area contributed by atoms with E-state index in [0.717, 1.165) is 22.3 Å². The summed E-state index contributed by atoms with van der Waals surface area (Å²) in [5.74, 6) is 0. The van der Waals surface area contributed by atoms with E-state index in [1.54, 1.807) is 6.33 Å². The van der Waals surface area contributed by atoms with Crippen LogP contribution in [-0.2, 0) is 0 Å². The Morgan fingerprint density at radius 2 is 2.12 bits per heavy atom. The zero-order chi connectivity index (χ0) is 16.1. The number of fused-ring (bicyclic) bond motifs is 4. The molecule has 0 amide bonds. The number of aromatic nitrogens is 4. The summed E-state index contributed by atoms with van der Waals surface area (Å²) in [7, 11) is 0. The average molecular weight is 316 g/mol. The molecule has 0 saturated heterocycles. The molecule has 2 unspecified atom stereocenters. The summed E-state index contributed by atoms with van der Waals surface area (Å²) < 4.78 is 2.16. The van der Waals surface area contributed by atoms with Crippen molar-refractivity contribution in [1.29, 1.82) is 0 Å². The Hall–Kier alpha value is -2.92. The number of imidazole rings is 2. The third kappa shape index (κ3) is 1.91. The lowest BCUT2D eigenvalue weighted by atomic mass is 9.95. The number of aliphatic hydroxyl groups is 1. The van der Waals surface area contributed by atoms with Gasteiger partial charge in [-0.05, 0) is 23.3 Å². The molecule has 0 aliphatic carbocycles. The molecule has 1 aliphatic heterocycles. The molecule has 24 heavy (non-hydrogen) atoms. The van der Waals surface area contributed by atoms with E-state index >= 15 is 0 Å². The van der Waals surface area contributed by atoms with Gasteiger partial charge >= 0.3 is 0 Å². The van der Waals surface area contributed by atoms with E-state index in [0.29, 0.717) is 6.42 Å². The SMILES string of the molecule is OC(CC1c2ccccc2-c2cncn21)c1ccc2nc[nH]c2c1. The molecular formula is C19H16N4O. The molecule has 2 atom stereocenters. The number of hydrogen-bond donors (Lipinski definition) is 2. The van der Waals surface area contributed by atoms with Crippen LogP contribution in [0.1, 0.15) is 29.7 Å². The van der Waals surface area contributed by atoms with Gasteiger partial charge in [0.05, 0.1) is 47.7 Å². The van der Waals surface area contributed by atoms with Crippen LogP contribution in [-0.4, -0.2) is 24.6 Å². The molecule has 0 spiro atoms. The number of benzene rings is 2. The molecule has 118 valence electrons. The minimum Gasteiger partial charge on any atom is -0.388 e. The predicted octanol–water partition coefficient (Wildman–Crippen LogP) is 3.45. The van der Waals surface area contributed by atoms with Gasteiger partial charge in [0.2, 0.25) is 0 Å². The van der Waals surface area contributed by atoms with E-state index in [-0.39, 0.29) is 6.04 Å². The van der Waals surface area contributed by atoms with E-state index in [9.17, 15) is 5.11 Å². The monoisotopic (exact) mass is 316 g/mol. The van der Waals surface area contributed by atoms with Gasteiger partial charge in [0.15, 0.2) is 0 Å². The van der Waals surface area contributed by atoms with Crippen molar-refractivity contribution in [2.45, 2.75) is 18.6 Å². The summed E-state index contributed by atoms with van der Waals surface area (Å²) in [6, 6.07) is 14.3. The Labute approximate surface area is 138 Å². The molecule has 5 rings (SSSR count). The van der Waals surface area contributed by atoms with Gasteiger partial charge in [0, 0.05) is 12.0 Å². The van der Waals surface area contributed by atoms with E-state index in [2.05, 4.69) is 37.7 Å². The summed E-state index contributed by atoms with van der Waals surface area (Å²) >= 11 is 0. The number of aliphatic hydroxyl groups excluding tert-OH is 1. The highest BCUT2D eigenvalue weighted by molar-refractivity contribution is 5.75. The van der Waals surface area contributed by atoms with E-state index in [1.165, 1.54) is 11.1 Å². The lowest BCUT2D eigenvalue weighted by Gasteiger charge is -2.19. The second-order valence-corrected chi connectivity index (χ2v) is 6.22. The van der Waals surface area contributed by atoms with Crippen LogP contribution in [0.25, 0.3) is 22.3 Å². The molecule has 5 heteroatoms. The molecule has 1 aliphatic rings. The van der Waals surface area contributed by atoms with E-state index in [1.807, 2.05) is 36.8 Å². The number of rotatable bonds is 3. The summed E-state index contributed by atoms with van der Waals surface area (Å²) in [5.41, 5.74) is 6.33. The quantitative estimate of drug-likeness (QED) is 0.608. The summed E-state index contributed by atoms with van der Waals surface area (Å²) in [4.78, 5) is 11.6. The average Bonchev–Trinajstić information content (AvgIpc) is 3.31. The van der Waals surface area contributed by atoms with E-state index in [4.69, 9.17) is 0 Å². The van der Waals surface area contributed by atoms with Crippen molar-refractivity contribution in [2.75, 3.05) is 0 Å². The highest BCUT2D eigenvalue weighted by atomic mass is 16.3. The van der Waals surface area contributed by atoms with Gasteiger partial charge in [-0.2, -0.15) is 0 Å². The Morgan fingerprint density at radius 1 is 1.21 bits per heavy atom. The van der Waals surface area contributed by atoms with Crippen LogP contribution in [0.3, 0.4) is 0 Å². The maximum atomic E-state index is 10.8. The van der Waals surface area contributed by atoms with Gasteiger partial charge in [-0.25, -0.2) is 9.97 Å². The molecule has 0 fully saturated rings. The molecule has 5 nitrogen and oxygen atoms in total. The van der Waals surface area contributed by atoms with Crippen LogP contribution in [0.2, 0.25) is 0 Å². The Kier molecular flexibility index (Phi) is 2.84. The van der Waals surface area contributed by atoms with Crippen molar-refractivity contribution in [3.05, 3.63) is 72.4 Å². The molecular weight excluding hydrogens is 300 g/mol. The molecule has 2 aromatic carbocycles. The summed E-state index contributed by atoms with van der Waals surface area (Å²) in [6.45, 7) is 0. The Balaban J connectivity index is 1.51. The van der Waals surface area contributed by atoms with Crippen molar-refractivity contribution in [3.8, 4) is 11.3 Å². The van der Waals surface area contributed by atoms with Gasteiger partial charge in [-0.3, -0.25) is 0 Å². The van der Waals surface area contributed by atoms with Gasteiger partial charge in [-0.1, -0.05) is 30.3 Å². The van der Waals surface area contributed by atoms with Crippen LogP contribution in [0.5, 0.6) is 0 Å². The molecule has 2 N–H and O–H groups in total. The first-order valence-corrected chi connectivity index (χ1v) is 8.03. The van der Waals surface area contributed by atoms with Crippen molar-refractivity contribution >= 4 is 11.0 Å². The first kappa shape index (κ1) is 13.5. The van der Waals surface area contributed by atoms with Gasteiger partial charge in [0.1, 0.15) is 0 Å². The zero-order valence-electron chi connectivity index (χ0n) is 12.9. The summed E-state index contributed by atoms with van der Waals surface area (Å²) in [5, 5.41) is 10.8. The predicted molar refractivity (Wildman–Crippen MR) is 91.5 cm³/mol. The van der Waals surface area contributed by atoms with E-state index < -0.39 is 6.10 Å². The van der Waals surface area contributed by atoms with Gasteiger partial charge in [-0.15, -0.1) is 0 Å². The van der Waals surface area contributed by atoms with Gasteiger partial charge in [0.25, 0.3) is 0 Å². The van der Waals surface area contributed by atoms with Crippen molar-refractivity contribution in [1.82, 2.24) is 19.5 Å². The molecule has 2 aromatic heterocycles. The zero-order valence-corrected chi connectivity index (χ0v) is 12.9. The second-order valence-electron chi connectivity index (χ2n) is 6.22. The van der Waals surface area contributed by atoms with Gasteiger partial charge < -0.3 is 14.7 Å². The highest BCUT2D eigenvalue weighted by Gasteiger charge is 2.30. The maximum Gasteiger partial charge on any atom is 0.0956 e. The van der Waals surface area contributed by atoms with Crippen LogP contribution in [0.15, 0.2) is 61.3 Å². The smallest absolute Gasteiger partial charge is 0.0956 e. The molecule has 0 radical (unpaired) electrons. The fourth-order valence-corrected chi connectivity index (χ4v) is 3.68. The van der Waals surface area contributed by atoms with Crippen LogP contribution < -0.4 is 0 Å². The minimum atomic E-state index is -0.552. The Morgan fingerprint density at radius 3 is 3.08 bits per heavy atom. The third-order valence-corrected chi connectivity index (χ3v) is 4.87. The number of aromatic amines is 1. The van der Waals surface area contributed by atoms with Crippen molar-refractivity contribution in [3.63, 3.8) is 0 Å². The third-order valence-electron chi connectivity index (χ3n) is 4.87. The Bertz CT molecular complexity index is 1030. The number of nitrogens with one attached hydrogen (secondary N) is 1. The fraction of sp³-hybridized carbons (Fsp3) is 0.158. The standard InChI is InChI=1S/C19H16N4O/c24-19(12-5-6-15-16(7-12)22-10-21-15)8-17-13-3-1-2-4-14(13)18-9-20-11-23(17)18/h1-7,9-11,17,19,24H,8H2,(H,21,22). The highest BCUT2D eigenvalue weighted by Crippen LogP contribution is 2.42. The molecule has 3 heterocycles. The largest absolute Gasteiger partial charge is 0.388 e. The minimum absolute atomic E-state index is 0.103. The second kappa shape index (κ2) is 5.04. The van der Waals surface area contributed by atoms with Crippen LogP contribution in [0.4, 0.5) is 0 Å². The number of H-pyrrole nitrogens is 1.